The van der Waals surface area contributed by atoms with Crippen molar-refractivity contribution in [1.29, 1.82) is 5.26 Å². The van der Waals surface area contributed by atoms with Crippen molar-refractivity contribution >= 4 is 24.5 Å². The quantitative estimate of drug-likeness (QED) is 0.723. The number of carboxylic acids is 1. The number of nitrogens with zero attached hydrogens (tertiary/aromatic N) is 2. The van der Waals surface area contributed by atoms with Gasteiger partial charge in [-0.05, 0) is 18.2 Å². The van der Waals surface area contributed by atoms with E-state index < -0.39 is 5.97 Å². The summed E-state index contributed by atoms with van der Waals surface area (Å²) in [5.41, 5.74) is 0.850. The lowest BCUT2D eigenvalue weighted by Crippen LogP contribution is -2.08. The molecule has 72 valence electrons. The molecule has 1 aromatic rings. The third-order valence-electron chi connectivity index (χ3n) is 1.70. The Balaban J connectivity index is 3.33. The van der Waals surface area contributed by atoms with Gasteiger partial charge in [0.1, 0.15) is 0 Å². The number of hydrogen-bond acceptors (Lipinski definition) is 4. The van der Waals surface area contributed by atoms with Crippen molar-refractivity contribution in [3.05, 3.63) is 29.3 Å². The first kappa shape index (κ1) is 10.4. The normalized spacial score (nSPS) is 9.21. The number of carbonyl (C=O) groups is 1. The molecule has 4 nitrogen and oxygen atoms in total. The molecule has 0 bridgehead atoms. The Morgan fingerprint density at radius 1 is 1.64 bits per heavy atom. The van der Waals surface area contributed by atoms with Crippen LogP contribution >= 0.6 is 12.8 Å². The van der Waals surface area contributed by atoms with Gasteiger partial charge in [-0.3, -0.25) is 0 Å². The van der Waals surface area contributed by atoms with Crippen LogP contribution in [0, 0.1) is 11.3 Å². The van der Waals surface area contributed by atoms with E-state index in [0.717, 1.165) is 0 Å². The standard InChI is InChI=1S/C9H8N2O2S/c1-11(14)8-3-2-6(5-10)4-7(8)9(12)13/h2-4,14H,1H3,(H,12,13). The van der Waals surface area contributed by atoms with Crippen molar-refractivity contribution in [1.82, 2.24) is 0 Å². The van der Waals surface area contributed by atoms with Gasteiger partial charge in [-0.15, -0.1) is 0 Å². The second-order valence-electron chi connectivity index (χ2n) is 2.67. The zero-order valence-electron chi connectivity index (χ0n) is 7.43. The lowest BCUT2D eigenvalue weighted by atomic mass is 10.1. The molecule has 0 atom stereocenters. The van der Waals surface area contributed by atoms with E-state index in [9.17, 15) is 4.79 Å². The van der Waals surface area contributed by atoms with Crippen molar-refractivity contribution in [2.45, 2.75) is 0 Å². The maximum Gasteiger partial charge on any atom is 0.337 e. The molecule has 0 aromatic heterocycles. The summed E-state index contributed by atoms with van der Waals surface area (Å²) < 4.78 is 1.39. The van der Waals surface area contributed by atoms with Crippen LogP contribution in [0.25, 0.3) is 0 Å². The van der Waals surface area contributed by atoms with Gasteiger partial charge < -0.3 is 9.41 Å². The molecule has 0 radical (unpaired) electrons. The van der Waals surface area contributed by atoms with Gasteiger partial charge in [-0.2, -0.15) is 5.26 Å². The molecule has 0 saturated heterocycles. The van der Waals surface area contributed by atoms with E-state index in [1.165, 1.54) is 10.4 Å². The van der Waals surface area contributed by atoms with Crippen molar-refractivity contribution < 1.29 is 9.90 Å². The van der Waals surface area contributed by atoms with E-state index in [1.54, 1.807) is 19.2 Å². The summed E-state index contributed by atoms with van der Waals surface area (Å²) in [7, 11) is 1.62. The predicted octanol–water partition coefficient (Wildman–Crippen LogP) is 1.54. The van der Waals surface area contributed by atoms with Crippen LogP contribution in [0.4, 0.5) is 5.69 Å². The lowest BCUT2D eigenvalue weighted by Gasteiger charge is -2.13. The van der Waals surface area contributed by atoms with Gasteiger partial charge in [0.25, 0.3) is 0 Å². The average Bonchev–Trinajstić information content (AvgIpc) is 2.16. The third-order valence-corrected chi connectivity index (χ3v) is 1.92. The van der Waals surface area contributed by atoms with Crippen LogP contribution in [0.5, 0.6) is 0 Å². The molecule has 1 aromatic carbocycles. The highest BCUT2D eigenvalue weighted by molar-refractivity contribution is 7.81. The maximum atomic E-state index is 10.8. The molecule has 5 heteroatoms. The van der Waals surface area contributed by atoms with E-state index in [1.807, 2.05) is 6.07 Å². The molecular weight excluding hydrogens is 200 g/mol. The van der Waals surface area contributed by atoms with E-state index in [-0.39, 0.29) is 5.56 Å². The SMILES string of the molecule is CN(S)c1ccc(C#N)cc1C(=O)O. The highest BCUT2D eigenvalue weighted by Crippen LogP contribution is 2.21. The van der Waals surface area contributed by atoms with Crippen LogP contribution in [0.3, 0.4) is 0 Å². The van der Waals surface area contributed by atoms with Crippen molar-refractivity contribution in [3.63, 3.8) is 0 Å². The summed E-state index contributed by atoms with van der Waals surface area (Å²) in [4.78, 5) is 10.8. The average molecular weight is 208 g/mol. The van der Waals surface area contributed by atoms with Crippen LogP contribution in [0.1, 0.15) is 15.9 Å². The molecule has 0 aliphatic rings. The van der Waals surface area contributed by atoms with Crippen molar-refractivity contribution in [2.24, 2.45) is 0 Å². The number of benzene rings is 1. The molecule has 0 fully saturated rings. The molecule has 0 aliphatic heterocycles. The summed E-state index contributed by atoms with van der Waals surface area (Å²) in [5.74, 6) is -1.07. The Kier molecular flexibility index (Phi) is 2.99. The minimum atomic E-state index is -1.07. The van der Waals surface area contributed by atoms with Gasteiger partial charge in [0.15, 0.2) is 0 Å². The molecule has 0 heterocycles. The van der Waals surface area contributed by atoms with Gasteiger partial charge in [-0.1, -0.05) is 12.8 Å². The highest BCUT2D eigenvalue weighted by atomic mass is 32.1. The Hall–Kier alpha value is -1.67. The zero-order valence-corrected chi connectivity index (χ0v) is 8.32. The van der Waals surface area contributed by atoms with Crippen LogP contribution in [-0.4, -0.2) is 18.1 Å². The molecule has 0 saturated carbocycles. The van der Waals surface area contributed by atoms with E-state index in [0.29, 0.717) is 11.3 Å². The second kappa shape index (κ2) is 4.03. The molecule has 0 spiro atoms. The van der Waals surface area contributed by atoms with Gasteiger partial charge in [0.05, 0.1) is 22.9 Å². The van der Waals surface area contributed by atoms with Gasteiger partial charge >= 0.3 is 5.97 Å². The molecule has 1 rings (SSSR count). The topological polar surface area (TPSA) is 64.3 Å². The van der Waals surface area contributed by atoms with E-state index in [4.69, 9.17) is 10.4 Å². The minimum Gasteiger partial charge on any atom is -0.478 e. The molecular formula is C9H8N2O2S. The number of carboxylic acid groups (broad SMARTS) is 1. The summed E-state index contributed by atoms with van der Waals surface area (Å²) in [5, 5.41) is 17.5. The fraction of sp³-hybridized carbons (Fsp3) is 0.111. The van der Waals surface area contributed by atoms with Crippen LogP contribution in [0.2, 0.25) is 0 Å². The molecule has 1 N–H and O–H groups in total. The minimum absolute atomic E-state index is 0.0709. The molecule has 0 unspecified atom stereocenters. The monoisotopic (exact) mass is 208 g/mol. The number of thiol groups is 1. The summed E-state index contributed by atoms with van der Waals surface area (Å²) >= 11 is 4.00. The fourth-order valence-electron chi connectivity index (χ4n) is 1.06. The van der Waals surface area contributed by atoms with Crippen LogP contribution < -0.4 is 4.31 Å². The molecule has 0 aliphatic carbocycles. The second-order valence-corrected chi connectivity index (χ2v) is 3.27. The predicted molar refractivity (Wildman–Crippen MR) is 55.5 cm³/mol. The largest absolute Gasteiger partial charge is 0.478 e. The number of aromatic carboxylic acids is 1. The number of rotatable bonds is 2. The summed E-state index contributed by atoms with van der Waals surface area (Å²) in [6.45, 7) is 0. The summed E-state index contributed by atoms with van der Waals surface area (Å²) in [6, 6.07) is 6.31. The first-order valence-electron chi connectivity index (χ1n) is 3.76. The van der Waals surface area contributed by atoms with Crippen LogP contribution in [-0.2, 0) is 0 Å². The van der Waals surface area contributed by atoms with Crippen molar-refractivity contribution in [2.75, 3.05) is 11.4 Å². The number of nitriles is 1. The fourth-order valence-corrected chi connectivity index (χ4v) is 1.23. The Morgan fingerprint density at radius 2 is 2.29 bits per heavy atom. The molecule has 14 heavy (non-hydrogen) atoms. The highest BCUT2D eigenvalue weighted by Gasteiger charge is 2.12. The first-order chi connectivity index (χ1) is 6.56. The molecule has 0 amide bonds. The van der Waals surface area contributed by atoms with E-state index >= 15 is 0 Å². The lowest BCUT2D eigenvalue weighted by molar-refractivity contribution is 0.0698. The Bertz CT molecular complexity index is 410. The summed E-state index contributed by atoms with van der Waals surface area (Å²) in [6.07, 6.45) is 0. The number of anilines is 1. The Labute approximate surface area is 86.9 Å². The Morgan fingerprint density at radius 3 is 2.71 bits per heavy atom. The third kappa shape index (κ3) is 1.98. The maximum absolute atomic E-state index is 10.8. The van der Waals surface area contributed by atoms with Crippen molar-refractivity contribution in [3.8, 4) is 6.07 Å². The van der Waals surface area contributed by atoms with Gasteiger partial charge in [-0.25, -0.2) is 4.79 Å². The first-order valence-corrected chi connectivity index (χ1v) is 4.16. The van der Waals surface area contributed by atoms with E-state index in [2.05, 4.69) is 12.8 Å². The van der Waals surface area contributed by atoms with Crippen LogP contribution in [0.15, 0.2) is 18.2 Å². The zero-order chi connectivity index (χ0) is 10.7. The van der Waals surface area contributed by atoms with Gasteiger partial charge in [0.2, 0.25) is 0 Å². The number of hydrogen-bond donors (Lipinski definition) is 2. The smallest absolute Gasteiger partial charge is 0.337 e. The van der Waals surface area contributed by atoms with Gasteiger partial charge in [0, 0.05) is 7.05 Å².